The predicted molar refractivity (Wildman–Crippen MR) is 127 cm³/mol. The van der Waals surface area contributed by atoms with Gasteiger partial charge in [0.2, 0.25) is 11.8 Å². The van der Waals surface area contributed by atoms with E-state index >= 15 is 0 Å². The zero-order chi connectivity index (χ0) is 23.4. The van der Waals surface area contributed by atoms with Gasteiger partial charge in [0.25, 0.3) is 0 Å². The number of halogens is 1. The molecule has 1 aliphatic heterocycles. The van der Waals surface area contributed by atoms with Crippen molar-refractivity contribution in [3.63, 3.8) is 0 Å². The highest BCUT2D eigenvalue weighted by molar-refractivity contribution is 6.31. The number of amides is 2. The normalized spacial score (nSPS) is 20.4. The van der Waals surface area contributed by atoms with Gasteiger partial charge in [-0.1, -0.05) is 41.9 Å². The van der Waals surface area contributed by atoms with E-state index in [9.17, 15) is 9.59 Å². The van der Waals surface area contributed by atoms with Gasteiger partial charge in [0.15, 0.2) is 0 Å². The fourth-order valence-corrected chi connectivity index (χ4v) is 4.26. The maximum atomic E-state index is 13.2. The first-order chi connectivity index (χ1) is 15.8. The van der Waals surface area contributed by atoms with Crippen LogP contribution in [0.15, 0.2) is 48.5 Å². The highest BCUT2D eigenvalue weighted by Gasteiger charge is 2.44. The number of carbonyl (C=O) groups excluding carboxylic acids is 2. The van der Waals surface area contributed by atoms with Gasteiger partial charge < -0.3 is 19.3 Å². The molecule has 1 aliphatic carbocycles. The van der Waals surface area contributed by atoms with E-state index in [0.717, 1.165) is 24.0 Å². The van der Waals surface area contributed by atoms with Crippen LogP contribution in [0.2, 0.25) is 5.02 Å². The second-order valence-corrected chi connectivity index (χ2v) is 9.58. The van der Waals surface area contributed by atoms with Crippen molar-refractivity contribution in [2.24, 2.45) is 5.92 Å². The molecular weight excluding hydrogens is 440 g/mol. The molecule has 2 aliphatic rings. The molecule has 7 heteroatoms. The molecule has 1 saturated heterocycles. The molecule has 6 nitrogen and oxygen atoms in total. The highest BCUT2D eigenvalue weighted by Crippen LogP contribution is 2.34. The molecule has 0 radical (unpaired) electrons. The fraction of sp³-hybridized carbons (Fsp3) is 0.462. The molecule has 2 aromatic carbocycles. The van der Waals surface area contributed by atoms with Crippen LogP contribution in [0.4, 0.5) is 0 Å². The van der Waals surface area contributed by atoms with E-state index in [0.29, 0.717) is 37.0 Å². The van der Waals surface area contributed by atoms with Crippen LogP contribution in [0.3, 0.4) is 0 Å². The van der Waals surface area contributed by atoms with Gasteiger partial charge in [0.1, 0.15) is 18.0 Å². The lowest BCUT2D eigenvalue weighted by molar-refractivity contribution is -0.166. The average molecular weight is 471 g/mol. The number of hydrogen-bond donors (Lipinski definition) is 0. The Bertz CT molecular complexity index is 995. The van der Waals surface area contributed by atoms with Crippen molar-refractivity contribution in [2.45, 2.75) is 38.3 Å². The number of aryl methyl sites for hydroxylation is 1. The summed E-state index contributed by atoms with van der Waals surface area (Å²) in [7, 11) is 1.79. The van der Waals surface area contributed by atoms with Crippen molar-refractivity contribution in [1.82, 2.24) is 9.80 Å². The molecule has 2 amide bonds. The maximum absolute atomic E-state index is 13.2. The van der Waals surface area contributed by atoms with Crippen LogP contribution in [0.5, 0.6) is 5.75 Å². The van der Waals surface area contributed by atoms with Crippen LogP contribution < -0.4 is 4.74 Å². The maximum Gasteiger partial charge on any atom is 0.225 e. The van der Waals surface area contributed by atoms with Gasteiger partial charge in [0, 0.05) is 31.1 Å². The molecule has 0 unspecified atom stereocenters. The summed E-state index contributed by atoms with van der Waals surface area (Å²) < 4.78 is 12.3. The first-order valence-electron chi connectivity index (χ1n) is 11.4. The molecule has 2 aromatic rings. The Balaban J connectivity index is 1.49. The number of morpholine rings is 1. The minimum atomic E-state index is -0.904. The topological polar surface area (TPSA) is 59.1 Å². The molecule has 4 rings (SSSR count). The molecule has 0 N–H and O–H groups in total. The van der Waals surface area contributed by atoms with Crippen molar-refractivity contribution in [3.8, 4) is 5.75 Å². The second-order valence-electron chi connectivity index (χ2n) is 9.18. The van der Waals surface area contributed by atoms with E-state index in [1.165, 1.54) is 0 Å². The van der Waals surface area contributed by atoms with Crippen molar-refractivity contribution < 1.29 is 19.1 Å². The molecule has 0 aromatic heterocycles. The third-order valence-corrected chi connectivity index (χ3v) is 6.70. The van der Waals surface area contributed by atoms with E-state index in [4.69, 9.17) is 21.1 Å². The van der Waals surface area contributed by atoms with Crippen LogP contribution in [-0.2, 0) is 20.9 Å². The lowest BCUT2D eigenvalue weighted by Crippen LogP contribution is -2.58. The molecular formula is C26H31ClN2O4. The van der Waals surface area contributed by atoms with Gasteiger partial charge in [-0.25, -0.2) is 0 Å². The van der Waals surface area contributed by atoms with Crippen LogP contribution in [0, 0.1) is 12.8 Å². The van der Waals surface area contributed by atoms with Crippen molar-refractivity contribution in [2.75, 3.05) is 33.4 Å². The van der Waals surface area contributed by atoms with E-state index in [-0.39, 0.29) is 30.8 Å². The molecule has 1 saturated carbocycles. The summed E-state index contributed by atoms with van der Waals surface area (Å²) in [6, 6.07) is 15.3. The zero-order valence-corrected chi connectivity index (χ0v) is 20.0. The van der Waals surface area contributed by atoms with E-state index in [1.807, 2.05) is 54.3 Å². The number of rotatable bonds is 8. The number of ether oxygens (including phenoxy) is 2. The molecule has 1 heterocycles. The molecule has 1 atom stereocenters. The molecule has 0 spiro atoms. The van der Waals surface area contributed by atoms with Gasteiger partial charge in [-0.05, 0) is 49.1 Å². The first-order valence-corrected chi connectivity index (χ1v) is 11.8. The molecule has 2 fully saturated rings. The molecule has 33 heavy (non-hydrogen) atoms. The summed E-state index contributed by atoms with van der Waals surface area (Å²) in [6.07, 6.45) is 2.03. The Labute approximate surface area is 200 Å². The van der Waals surface area contributed by atoms with Gasteiger partial charge in [-0.15, -0.1) is 0 Å². The summed E-state index contributed by atoms with van der Waals surface area (Å²) in [5, 5.41) is 0.671. The van der Waals surface area contributed by atoms with Crippen LogP contribution in [-0.4, -0.2) is 60.6 Å². The number of carbonyl (C=O) groups is 2. The lowest BCUT2D eigenvalue weighted by atomic mass is 9.96. The van der Waals surface area contributed by atoms with Crippen molar-refractivity contribution in [1.29, 1.82) is 0 Å². The van der Waals surface area contributed by atoms with Crippen LogP contribution in [0.1, 0.15) is 30.4 Å². The molecule has 0 bridgehead atoms. The predicted octanol–water partition coefficient (Wildman–Crippen LogP) is 4.08. The third-order valence-electron chi connectivity index (χ3n) is 6.28. The Kier molecular flexibility index (Phi) is 7.25. The monoisotopic (exact) mass is 470 g/mol. The average Bonchev–Trinajstić information content (AvgIpc) is 3.66. The van der Waals surface area contributed by atoms with E-state index < -0.39 is 5.60 Å². The van der Waals surface area contributed by atoms with Gasteiger partial charge >= 0.3 is 0 Å². The van der Waals surface area contributed by atoms with Crippen molar-refractivity contribution >= 4 is 23.4 Å². The summed E-state index contributed by atoms with van der Waals surface area (Å²) in [4.78, 5) is 29.6. The summed E-state index contributed by atoms with van der Waals surface area (Å²) in [5.74, 6) is 0.901. The fourth-order valence-electron chi connectivity index (χ4n) is 4.14. The number of hydrogen-bond acceptors (Lipinski definition) is 4. The molecule has 176 valence electrons. The number of nitrogens with zero attached hydrogens (tertiary/aromatic N) is 2. The summed E-state index contributed by atoms with van der Waals surface area (Å²) >= 11 is 6.14. The second kappa shape index (κ2) is 10.1. The van der Waals surface area contributed by atoms with Crippen molar-refractivity contribution in [3.05, 3.63) is 64.7 Å². The minimum Gasteiger partial charge on any atom is -0.490 e. The lowest BCUT2D eigenvalue weighted by Gasteiger charge is -2.42. The Morgan fingerprint density at radius 2 is 1.97 bits per heavy atom. The van der Waals surface area contributed by atoms with E-state index in [2.05, 4.69) is 0 Å². The quantitative estimate of drug-likeness (QED) is 0.583. The van der Waals surface area contributed by atoms with Crippen LogP contribution >= 0.6 is 11.6 Å². The smallest absolute Gasteiger partial charge is 0.225 e. The third kappa shape index (κ3) is 6.06. The zero-order valence-electron chi connectivity index (χ0n) is 19.3. The SMILES string of the molecule is Cc1cc(OC[C@@]2(CC(=O)N(C)Cc3ccccc3)CN(C(=O)C3CC3)CCO2)ccc1Cl. The van der Waals surface area contributed by atoms with Gasteiger partial charge in [0.05, 0.1) is 19.6 Å². The largest absolute Gasteiger partial charge is 0.490 e. The Morgan fingerprint density at radius 3 is 2.67 bits per heavy atom. The van der Waals surface area contributed by atoms with E-state index in [1.54, 1.807) is 18.0 Å². The Hall–Kier alpha value is -2.57. The van der Waals surface area contributed by atoms with Crippen LogP contribution in [0.25, 0.3) is 0 Å². The van der Waals surface area contributed by atoms with Gasteiger partial charge in [-0.3, -0.25) is 9.59 Å². The number of benzene rings is 2. The van der Waals surface area contributed by atoms with Gasteiger partial charge in [-0.2, -0.15) is 0 Å². The first kappa shape index (κ1) is 23.6. The summed E-state index contributed by atoms with van der Waals surface area (Å²) in [5.41, 5.74) is 1.07. The Morgan fingerprint density at radius 1 is 1.21 bits per heavy atom. The summed E-state index contributed by atoms with van der Waals surface area (Å²) in [6.45, 7) is 3.88. The standard InChI is InChI=1S/C26H31ClN2O4/c1-19-14-22(10-11-23(19)27)32-18-26(17-29(12-13-33-26)25(31)21-8-9-21)15-24(30)28(2)16-20-6-4-3-5-7-20/h3-7,10-11,14,21H,8-9,12-13,15-18H2,1-2H3/t26-/m1/s1. The minimum absolute atomic E-state index is 0.0459. The highest BCUT2D eigenvalue weighted by atomic mass is 35.5.